The van der Waals surface area contributed by atoms with Crippen LogP contribution in [0.25, 0.3) is 0 Å². The average Bonchev–Trinajstić information content (AvgIpc) is 2.54. The molecule has 1 unspecified atom stereocenters. The van der Waals surface area contributed by atoms with Gasteiger partial charge in [-0.3, -0.25) is 4.79 Å². The molecule has 3 heteroatoms. The van der Waals surface area contributed by atoms with Crippen LogP contribution in [0.4, 0.5) is 0 Å². The molecule has 1 aromatic carbocycles. The standard InChI is InChI=1S/C18H24N2O/c1-3-18(2)9-11-20(12-10-18)17(21)16(14-19)13-15-7-5-4-6-8-15/h4-8,16H,3,9-13H2,1-2H3. The van der Waals surface area contributed by atoms with Crippen LogP contribution in [0.5, 0.6) is 0 Å². The van der Waals surface area contributed by atoms with Crippen molar-refractivity contribution in [2.24, 2.45) is 11.3 Å². The van der Waals surface area contributed by atoms with E-state index in [1.807, 2.05) is 35.2 Å². The molecule has 1 aliphatic heterocycles. The van der Waals surface area contributed by atoms with Crippen LogP contribution < -0.4 is 0 Å². The number of carbonyl (C=O) groups excluding carboxylic acids is 1. The SMILES string of the molecule is CCC1(C)CCN(C(=O)C(C#N)Cc2ccccc2)CC1. The Morgan fingerprint density at radius 1 is 1.33 bits per heavy atom. The molecule has 0 radical (unpaired) electrons. The largest absolute Gasteiger partial charge is 0.342 e. The lowest BCUT2D eigenvalue weighted by Crippen LogP contribution is -2.44. The maximum absolute atomic E-state index is 12.5. The smallest absolute Gasteiger partial charge is 0.240 e. The van der Waals surface area contributed by atoms with Crippen LogP contribution in [0, 0.1) is 22.7 Å². The van der Waals surface area contributed by atoms with E-state index in [0.29, 0.717) is 11.8 Å². The Balaban J connectivity index is 1.97. The van der Waals surface area contributed by atoms with Crippen molar-refractivity contribution in [3.63, 3.8) is 0 Å². The van der Waals surface area contributed by atoms with Gasteiger partial charge in [-0.1, -0.05) is 50.6 Å². The summed E-state index contributed by atoms with van der Waals surface area (Å²) < 4.78 is 0. The van der Waals surface area contributed by atoms with Gasteiger partial charge in [-0.15, -0.1) is 0 Å². The van der Waals surface area contributed by atoms with Crippen molar-refractivity contribution >= 4 is 5.91 Å². The molecule has 3 nitrogen and oxygen atoms in total. The second-order valence-corrected chi connectivity index (χ2v) is 6.36. The highest BCUT2D eigenvalue weighted by atomic mass is 16.2. The van der Waals surface area contributed by atoms with Crippen LogP contribution in [0.1, 0.15) is 38.7 Å². The average molecular weight is 284 g/mol. The summed E-state index contributed by atoms with van der Waals surface area (Å²) in [6.45, 7) is 6.08. The maximum atomic E-state index is 12.5. The second kappa shape index (κ2) is 6.76. The molecule has 1 atom stereocenters. The van der Waals surface area contributed by atoms with Crippen LogP contribution >= 0.6 is 0 Å². The molecule has 1 amide bonds. The molecular formula is C18H24N2O. The molecule has 1 aliphatic rings. The summed E-state index contributed by atoms with van der Waals surface area (Å²) >= 11 is 0. The van der Waals surface area contributed by atoms with E-state index >= 15 is 0 Å². The Bertz CT molecular complexity index is 510. The number of likely N-dealkylation sites (tertiary alicyclic amines) is 1. The summed E-state index contributed by atoms with van der Waals surface area (Å²) in [4.78, 5) is 14.4. The van der Waals surface area contributed by atoms with Gasteiger partial charge in [0.25, 0.3) is 0 Å². The third kappa shape index (κ3) is 3.85. The fraction of sp³-hybridized carbons (Fsp3) is 0.556. The van der Waals surface area contributed by atoms with Gasteiger partial charge in [0.05, 0.1) is 6.07 Å². The molecule has 0 aromatic heterocycles. The van der Waals surface area contributed by atoms with Gasteiger partial charge in [0.1, 0.15) is 5.92 Å². The van der Waals surface area contributed by atoms with E-state index in [1.54, 1.807) is 0 Å². The minimum Gasteiger partial charge on any atom is -0.342 e. The Labute approximate surface area is 127 Å². The number of carbonyl (C=O) groups is 1. The second-order valence-electron chi connectivity index (χ2n) is 6.36. The molecule has 0 N–H and O–H groups in total. The van der Waals surface area contributed by atoms with E-state index < -0.39 is 5.92 Å². The molecule has 0 bridgehead atoms. The molecule has 0 aliphatic carbocycles. The van der Waals surface area contributed by atoms with Crippen molar-refractivity contribution < 1.29 is 4.79 Å². The van der Waals surface area contributed by atoms with Crippen molar-refractivity contribution in [1.29, 1.82) is 5.26 Å². The first-order valence-corrected chi connectivity index (χ1v) is 7.80. The number of hydrogen-bond acceptors (Lipinski definition) is 2. The third-order valence-corrected chi connectivity index (χ3v) is 4.87. The normalized spacial score (nSPS) is 18.8. The molecule has 2 rings (SSSR count). The van der Waals surface area contributed by atoms with Gasteiger partial charge >= 0.3 is 0 Å². The van der Waals surface area contributed by atoms with Crippen LogP contribution in [-0.4, -0.2) is 23.9 Å². The third-order valence-electron chi connectivity index (χ3n) is 4.87. The minimum atomic E-state index is -0.557. The number of amides is 1. The topological polar surface area (TPSA) is 44.1 Å². The number of rotatable bonds is 4. The van der Waals surface area contributed by atoms with E-state index in [0.717, 1.165) is 37.9 Å². The first kappa shape index (κ1) is 15.6. The van der Waals surface area contributed by atoms with Gasteiger partial charge in [0, 0.05) is 13.1 Å². The van der Waals surface area contributed by atoms with E-state index in [2.05, 4.69) is 19.9 Å². The molecule has 0 spiro atoms. The van der Waals surface area contributed by atoms with Crippen molar-refractivity contribution in [3.8, 4) is 6.07 Å². The van der Waals surface area contributed by atoms with E-state index in [4.69, 9.17) is 0 Å². The van der Waals surface area contributed by atoms with Gasteiger partial charge < -0.3 is 4.90 Å². The van der Waals surface area contributed by atoms with Crippen LogP contribution in [0.3, 0.4) is 0 Å². The summed E-state index contributed by atoms with van der Waals surface area (Å²) in [7, 11) is 0. The molecular weight excluding hydrogens is 260 g/mol. The molecule has 1 fully saturated rings. The van der Waals surface area contributed by atoms with Gasteiger partial charge in [0.15, 0.2) is 0 Å². The lowest BCUT2D eigenvalue weighted by Gasteiger charge is -2.39. The van der Waals surface area contributed by atoms with Crippen LogP contribution in [-0.2, 0) is 11.2 Å². The Kier molecular flexibility index (Phi) is 5.01. The zero-order valence-corrected chi connectivity index (χ0v) is 13.0. The molecule has 1 aromatic rings. The summed E-state index contributed by atoms with van der Waals surface area (Å²) in [6.07, 6.45) is 3.75. The summed E-state index contributed by atoms with van der Waals surface area (Å²) in [5, 5.41) is 9.34. The van der Waals surface area contributed by atoms with Crippen molar-refractivity contribution in [1.82, 2.24) is 4.90 Å². The van der Waals surface area contributed by atoms with E-state index in [1.165, 1.54) is 0 Å². The number of nitrogens with zero attached hydrogens (tertiary/aromatic N) is 2. The van der Waals surface area contributed by atoms with Gasteiger partial charge in [0.2, 0.25) is 5.91 Å². The molecule has 1 saturated heterocycles. The summed E-state index contributed by atoms with van der Waals surface area (Å²) in [5.41, 5.74) is 1.41. The number of piperidine rings is 1. The van der Waals surface area contributed by atoms with Gasteiger partial charge in [-0.25, -0.2) is 0 Å². The Hall–Kier alpha value is -1.82. The molecule has 21 heavy (non-hydrogen) atoms. The van der Waals surface area contributed by atoms with Crippen molar-refractivity contribution in [2.75, 3.05) is 13.1 Å². The quantitative estimate of drug-likeness (QED) is 0.850. The Morgan fingerprint density at radius 3 is 2.48 bits per heavy atom. The van der Waals surface area contributed by atoms with E-state index in [9.17, 15) is 10.1 Å². The zero-order valence-electron chi connectivity index (χ0n) is 13.0. The first-order chi connectivity index (χ1) is 10.1. The lowest BCUT2D eigenvalue weighted by atomic mass is 9.78. The monoisotopic (exact) mass is 284 g/mol. The predicted octanol–water partition coefficient (Wildman–Crippen LogP) is 3.41. The lowest BCUT2D eigenvalue weighted by molar-refractivity contribution is -0.136. The maximum Gasteiger partial charge on any atom is 0.240 e. The molecule has 1 heterocycles. The van der Waals surface area contributed by atoms with Gasteiger partial charge in [-0.05, 0) is 30.2 Å². The summed E-state index contributed by atoms with van der Waals surface area (Å²) in [5.74, 6) is -0.558. The van der Waals surface area contributed by atoms with Gasteiger partial charge in [-0.2, -0.15) is 5.26 Å². The minimum absolute atomic E-state index is 0.000457. The van der Waals surface area contributed by atoms with Crippen LogP contribution in [0.2, 0.25) is 0 Å². The highest BCUT2D eigenvalue weighted by molar-refractivity contribution is 5.81. The van der Waals surface area contributed by atoms with Crippen molar-refractivity contribution in [3.05, 3.63) is 35.9 Å². The number of nitriles is 1. The highest BCUT2D eigenvalue weighted by Gasteiger charge is 2.32. The van der Waals surface area contributed by atoms with E-state index in [-0.39, 0.29) is 5.91 Å². The number of hydrogen-bond donors (Lipinski definition) is 0. The first-order valence-electron chi connectivity index (χ1n) is 7.80. The highest BCUT2D eigenvalue weighted by Crippen LogP contribution is 2.34. The van der Waals surface area contributed by atoms with Crippen molar-refractivity contribution in [2.45, 2.75) is 39.5 Å². The fourth-order valence-corrected chi connectivity index (χ4v) is 2.88. The fourth-order valence-electron chi connectivity index (χ4n) is 2.88. The molecule has 0 saturated carbocycles. The Morgan fingerprint density at radius 2 is 1.95 bits per heavy atom. The predicted molar refractivity (Wildman–Crippen MR) is 83.5 cm³/mol. The summed E-state index contributed by atoms with van der Waals surface area (Å²) in [6, 6.07) is 12.0. The number of benzene rings is 1. The van der Waals surface area contributed by atoms with Crippen LogP contribution in [0.15, 0.2) is 30.3 Å². The zero-order chi connectivity index (χ0) is 15.3. The molecule has 112 valence electrons.